The summed E-state index contributed by atoms with van der Waals surface area (Å²) in [7, 11) is 0. The number of carbonyl (C=O) groups is 2. The number of anilines is 2. The molecule has 4 nitrogen and oxygen atoms in total. The third kappa shape index (κ3) is 2.65. The molecule has 3 rings (SSSR count). The van der Waals surface area contributed by atoms with Crippen LogP contribution in [-0.2, 0) is 11.2 Å². The summed E-state index contributed by atoms with van der Waals surface area (Å²) in [6.45, 7) is 2.16. The molecule has 1 N–H and O–H groups in total. The van der Waals surface area contributed by atoms with Crippen molar-refractivity contribution in [1.82, 2.24) is 0 Å². The molecule has 0 aromatic heterocycles. The lowest BCUT2D eigenvalue weighted by Gasteiger charge is -2.17. The molecule has 2 amide bonds. The number of carbonyl (C=O) groups excluding carboxylic acids is 2. The maximum atomic E-state index is 12.5. The first-order valence-electron chi connectivity index (χ1n) is 6.92. The zero-order valence-electron chi connectivity index (χ0n) is 11.8. The van der Waals surface area contributed by atoms with Gasteiger partial charge >= 0.3 is 0 Å². The van der Waals surface area contributed by atoms with E-state index in [-0.39, 0.29) is 11.8 Å². The zero-order chi connectivity index (χ0) is 14.8. The fourth-order valence-electron chi connectivity index (χ4n) is 2.63. The number of hydrogen-bond acceptors (Lipinski definition) is 2. The molecule has 0 saturated carbocycles. The highest BCUT2D eigenvalue weighted by Crippen LogP contribution is 2.31. The Morgan fingerprint density at radius 3 is 2.57 bits per heavy atom. The largest absolute Gasteiger partial charge is 0.326 e. The Labute approximate surface area is 123 Å². The van der Waals surface area contributed by atoms with Crippen LogP contribution in [-0.4, -0.2) is 18.4 Å². The topological polar surface area (TPSA) is 49.4 Å². The first-order chi connectivity index (χ1) is 10.1. The van der Waals surface area contributed by atoms with Crippen LogP contribution in [0.2, 0.25) is 0 Å². The third-order valence-electron chi connectivity index (χ3n) is 3.56. The Morgan fingerprint density at radius 2 is 1.86 bits per heavy atom. The quantitative estimate of drug-likeness (QED) is 0.919. The van der Waals surface area contributed by atoms with Crippen molar-refractivity contribution in [1.29, 1.82) is 0 Å². The molecule has 0 radical (unpaired) electrons. The van der Waals surface area contributed by atoms with E-state index in [2.05, 4.69) is 5.32 Å². The SMILES string of the molecule is CC(=O)Nc1ccc2c(c1)CCN2C(=O)c1ccccc1. The molecule has 2 aromatic carbocycles. The predicted octanol–water partition coefficient (Wildman–Crippen LogP) is 2.85. The number of fused-ring (bicyclic) bond motifs is 1. The van der Waals surface area contributed by atoms with Gasteiger partial charge in [0.2, 0.25) is 5.91 Å². The van der Waals surface area contributed by atoms with Gasteiger partial charge in [0, 0.05) is 30.4 Å². The van der Waals surface area contributed by atoms with E-state index < -0.39 is 0 Å². The first kappa shape index (κ1) is 13.4. The predicted molar refractivity (Wildman–Crippen MR) is 82.6 cm³/mol. The Hall–Kier alpha value is -2.62. The van der Waals surface area contributed by atoms with Gasteiger partial charge in [0.15, 0.2) is 0 Å². The molecule has 0 aliphatic carbocycles. The molecule has 1 aliphatic rings. The zero-order valence-corrected chi connectivity index (χ0v) is 11.8. The Balaban J connectivity index is 1.87. The van der Waals surface area contributed by atoms with Crippen molar-refractivity contribution in [3.05, 3.63) is 59.7 Å². The van der Waals surface area contributed by atoms with E-state index in [4.69, 9.17) is 0 Å². The van der Waals surface area contributed by atoms with Crippen LogP contribution in [0.15, 0.2) is 48.5 Å². The fraction of sp³-hybridized carbons (Fsp3) is 0.176. The molecule has 0 saturated heterocycles. The molecule has 0 unspecified atom stereocenters. The van der Waals surface area contributed by atoms with E-state index in [1.165, 1.54) is 6.92 Å². The molecule has 106 valence electrons. The van der Waals surface area contributed by atoms with Crippen molar-refractivity contribution in [2.75, 3.05) is 16.8 Å². The van der Waals surface area contributed by atoms with Crippen LogP contribution in [0, 0.1) is 0 Å². The van der Waals surface area contributed by atoms with Crippen molar-refractivity contribution in [3.8, 4) is 0 Å². The highest BCUT2D eigenvalue weighted by atomic mass is 16.2. The van der Waals surface area contributed by atoms with Crippen LogP contribution < -0.4 is 10.2 Å². The standard InChI is InChI=1S/C17H16N2O2/c1-12(20)18-15-7-8-16-14(11-15)9-10-19(16)17(21)13-5-3-2-4-6-13/h2-8,11H,9-10H2,1H3,(H,18,20). The maximum Gasteiger partial charge on any atom is 0.258 e. The molecule has 21 heavy (non-hydrogen) atoms. The fourth-order valence-corrected chi connectivity index (χ4v) is 2.63. The van der Waals surface area contributed by atoms with Crippen LogP contribution in [0.25, 0.3) is 0 Å². The minimum Gasteiger partial charge on any atom is -0.326 e. The van der Waals surface area contributed by atoms with E-state index in [1.807, 2.05) is 48.5 Å². The molecule has 1 aliphatic heterocycles. The van der Waals surface area contributed by atoms with Gasteiger partial charge in [0.05, 0.1) is 0 Å². The van der Waals surface area contributed by atoms with E-state index in [9.17, 15) is 9.59 Å². The van der Waals surface area contributed by atoms with Gasteiger partial charge in [-0.3, -0.25) is 9.59 Å². The molecular formula is C17H16N2O2. The van der Waals surface area contributed by atoms with Gasteiger partial charge in [0.1, 0.15) is 0 Å². The lowest BCUT2D eigenvalue weighted by atomic mass is 10.1. The Kier molecular flexibility index (Phi) is 3.44. The average Bonchev–Trinajstić information content (AvgIpc) is 2.90. The van der Waals surface area contributed by atoms with Crippen molar-refractivity contribution in [2.24, 2.45) is 0 Å². The number of amides is 2. The Bertz CT molecular complexity index is 695. The highest BCUT2D eigenvalue weighted by molar-refractivity contribution is 6.07. The second-order valence-electron chi connectivity index (χ2n) is 5.10. The van der Waals surface area contributed by atoms with E-state index in [0.717, 1.165) is 23.4 Å². The van der Waals surface area contributed by atoms with Crippen LogP contribution in [0.1, 0.15) is 22.8 Å². The molecule has 0 fully saturated rings. The second-order valence-corrected chi connectivity index (χ2v) is 5.10. The summed E-state index contributed by atoms with van der Waals surface area (Å²) in [5.74, 6) is -0.0770. The molecule has 0 atom stereocenters. The van der Waals surface area contributed by atoms with E-state index in [1.54, 1.807) is 4.90 Å². The summed E-state index contributed by atoms with van der Waals surface area (Å²) in [5, 5.41) is 2.77. The van der Waals surface area contributed by atoms with Crippen LogP contribution >= 0.6 is 0 Å². The second kappa shape index (κ2) is 5.40. The minimum absolute atomic E-state index is 0.0154. The Morgan fingerprint density at radius 1 is 1.10 bits per heavy atom. The number of nitrogens with one attached hydrogen (secondary N) is 1. The summed E-state index contributed by atoms with van der Waals surface area (Å²) >= 11 is 0. The molecule has 0 bridgehead atoms. The van der Waals surface area contributed by atoms with Crippen LogP contribution in [0.4, 0.5) is 11.4 Å². The van der Waals surface area contributed by atoms with Gasteiger partial charge in [-0.05, 0) is 42.3 Å². The van der Waals surface area contributed by atoms with Gasteiger partial charge in [-0.15, -0.1) is 0 Å². The van der Waals surface area contributed by atoms with E-state index in [0.29, 0.717) is 12.1 Å². The normalized spacial score (nSPS) is 12.9. The van der Waals surface area contributed by atoms with Crippen molar-refractivity contribution >= 4 is 23.2 Å². The van der Waals surface area contributed by atoms with Gasteiger partial charge in [-0.25, -0.2) is 0 Å². The summed E-state index contributed by atoms with van der Waals surface area (Å²) < 4.78 is 0. The van der Waals surface area contributed by atoms with E-state index >= 15 is 0 Å². The maximum absolute atomic E-state index is 12.5. The molecule has 0 spiro atoms. The summed E-state index contributed by atoms with van der Waals surface area (Å²) in [5.41, 5.74) is 3.48. The number of nitrogens with zero attached hydrogens (tertiary/aromatic N) is 1. The summed E-state index contributed by atoms with van der Waals surface area (Å²) in [6, 6.07) is 14.9. The van der Waals surface area contributed by atoms with Crippen molar-refractivity contribution in [3.63, 3.8) is 0 Å². The number of hydrogen-bond donors (Lipinski definition) is 1. The van der Waals surface area contributed by atoms with Gasteiger partial charge in [0.25, 0.3) is 5.91 Å². The number of benzene rings is 2. The molecule has 4 heteroatoms. The van der Waals surface area contributed by atoms with Crippen LogP contribution in [0.5, 0.6) is 0 Å². The summed E-state index contributed by atoms with van der Waals surface area (Å²) in [4.78, 5) is 25.4. The van der Waals surface area contributed by atoms with Crippen molar-refractivity contribution < 1.29 is 9.59 Å². The van der Waals surface area contributed by atoms with Gasteiger partial charge in [-0.2, -0.15) is 0 Å². The number of rotatable bonds is 2. The average molecular weight is 280 g/mol. The molecule has 1 heterocycles. The third-order valence-corrected chi connectivity index (χ3v) is 3.56. The molecular weight excluding hydrogens is 264 g/mol. The highest BCUT2D eigenvalue weighted by Gasteiger charge is 2.25. The van der Waals surface area contributed by atoms with Gasteiger partial charge < -0.3 is 10.2 Å². The van der Waals surface area contributed by atoms with Gasteiger partial charge in [-0.1, -0.05) is 18.2 Å². The lowest BCUT2D eigenvalue weighted by Crippen LogP contribution is -2.28. The van der Waals surface area contributed by atoms with Crippen molar-refractivity contribution in [2.45, 2.75) is 13.3 Å². The monoisotopic (exact) mass is 280 g/mol. The smallest absolute Gasteiger partial charge is 0.258 e. The molecule has 2 aromatic rings. The first-order valence-corrected chi connectivity index (χ1v) is 6.92. The summed E-state index contributed by atoms with van der Waals surface area (Å²) in [6.07, 6.45) is 0.807. The van der Waals surface area contributed by atoms with Crippen LogP contribution in [0.3, 0.4) is 0 Å². The lowest BCUT2D eigenvalue weighted by molar-refractivity contribution is -0.114. The minimum atomic E-state index is -0.0924.